The first-order chi connectivity index (χ1) is 8.43. The van der Waals surface area contributed by atoms with Crippen LogP contribution in [0.1, 0.15) is 32.4 Å². The summed E-state index contributed by atoms with van der Waals surface area (Å²) in [5.41, 5.74) is 6.25. The van der Waals surface area contributed by atoms with Crippen LogP contribution in [0.4, 0.5) is 0 Å². The molecule has 1 rings (SSSR count). The van der Waals surface area contributed by atoms with Crippen molar-refractivity contribution in [3.63, 3.8) is 0 Å². The number of hydrogen-bond acceptors (Lipinski definition) is 4. The summed E-state index contributed by atoms with van der Waals surface area (Å²) < 4.78 is 10.1. The fraction of sp³-hybridized carbons (Fsp3) is 0.500. The maximum Gasteiger partial charge on any atom is 0.313 e. The van der Waals surface area contributed by atoms with Gasteiger partial charge in [-0.15, -0.1) is 0 Å². The smallest absolute Gasteiger partial charge is 0.313 e. The van der Waals surface area contributed by atoms with Crippen LogP contribution in [-0.4, -0.2) is 19.7 Å². The molecule has 1 aromatic carbocycles. The fourth-order valence-electron chi connectivity index (χ4n) is 1.74. The zero-order valence-corrected chi connectivity index (χ0v) is 11.4. The van der Waals surface area contributed by atoms with Gasteiger partial charge < -0.3 is 15.2 Å². The predicted octanol–water partition coefficient (Wildman–Crippen LogP) is 2.28. The Hall–Kier alpha value is -1.55. The topological polar surface area (TPSA) is 61.5 Å². The molecular weight excluding hydrogens is 230 g/mol. The second-order valence-corrected chi connectivity index (χ2v) is 4.69. The van der Waals surface area contributed by atoms with E-state index in [0.717, 1.165) is 11.3 Å². The van der Waals surface area contributed by atoms with E-state index in [-0.39, 0.29) is 5.97 Å². The zero-order valence-electron chi connectivity index (χ0n) is 11.4. The minimum atomic E-state index is -0.762. The Morgan fingerprint density at radius 2 is 1.89 bits per heavy atom. The molecule has 0 amide bonds. The van der Waals surface area contributed by atoms with Crippen molar-refractivity contribution in [2.45, 2.75) is 26.8 Å². The number of benzene rings is 1. The number of esters is 1. The van der Waals surface area contributed by atoms with Crippen LogP contribution in [0.25, 0.3) is 0 Å². The van der Waals surface area contributed by atoms with Crippen LogP contribution < -0.4 is 10.5 Å². The molecule has 0 saturated carbocycles. The highest BCUT2D eigenvalue weighted by Crippen LogP contribution is 2.33. The van der Waals surface area contributed by atoms with Gasteiger partial charge in [-0.1, -0.05) is 12.1 Å². The Morgan fingerprint density at radius 1 is 1.33 bits per heavy atom. The predicted molar refractivity (Wildman–Crippen MR) is 70.3 cm³/mol. The molecule has 0 saturated heterocycles. The van der Waals surface area contributed by atoms with E-state index in [1.807, 2.05) is 31.2 Å². The molecule has 18 heavy (non-hydrogen) atoms. The summed E-state index contributed by atoms with van der Waals surface area (Å²) in [7, 11) is 1.37. The van der Waals surface area contributed by atoms with Crippen molar-refractivity contribution < 1.29 is 14.3 Å². The molecule has 0 aliphatic rings. The Morgan fingerprint density at radius 3 is 2.33 bits per heavy atom. The van der Waals surface area contributed by atoms with Gasteiger partial charge in [-0.05, 0) is 38.5 Å². The Labute approximate surface area is 108 Å². The fourth-order valence-corrected chi connectivity index (χ4v) is 1.74. The maximum atomic E-state index is 11.7. The summed E-state index contributed by atoms with van der Waals surface area (Å²) in [6.45, 7) is 6.11. The third-order valence-corrected chi connectivity index (χ3v) is 3.04. The normalized spacial score (nSPS) is 12.9. The number of rotatable bonds is 5. The van der Waals surface area contributed by atoms with E-state index in [2.05, 4.69) is 0 Å². The molecule has 0 aliphatic heterocycles. The molecule has 0 spiro atoms. The van der Waals surface area contributed by atoms with Gasteiger partial charge in [0.25, 0.3) is 0 Å². The van der Waals surface area contributed by atoms with E-state index >= 15 is 0 Å². The summed E-state index contributed by atoms with van der Waals surface area (Å²) in [5, 5.41) is 0. The number of carbonyl (C=O) groups is 1. The molecule has 0 fully saturated rings. The lowest BCUT2D eigenvalue weighted by molar-refractivity contribution is -0.152. The Balaban J connectivity index is 2.89. The molecule has 4 nitrogen and oxygen atoms in total. The number of methoxy groups -OCH3 is 1. The summed E-state index contributed by atoms with van der Waals surface area (Å²) in [4.78, 5) is 11.7. The molecule has 0 heterocycles. The highest BCUT2D eigenvalue weighted by atomic mass is 16.5. The minimum absolute atomic E-state index is 0.316. The Kier molecular flexibility index (Phi) is 4.73. The first kappa shape index (κ1) is 14.5. The van der Waals surface area contributed by atoms with Crippen molar-refractivity contribution in [2.24, 2.45) is 11.1 Å². The minimum Gasteiger partial charge on any atom is -0.494 e. The first-order valence-electron chi connectivity index (χ1n) is 6.00. The molecule has 4 heteroatoms. The maximum absolute atomic E-state index is 11.7. The van der Waals surface area contributed by atoms with Gasteiger partial charge in [0.05, 0.1) is 19.1 Å². The number of hydrogen-bond donors (Lipinski definition) is 1. The standard InChI is InChI=1S/C14H21NO3/c1-5-18-11-8-6-10(7-9-11)12(15)14(2,3)13(16)17-4/h6-9,12H,5,15H2,1-4H3/t12-/m1/s1. The van der Waals surface area contributed by atoms with Gasteiger partial charge in [0, 0.05) is 6.04 Å². The van der Waals surface area contributed by atoms with Gasteiger partial charge in [-0.25, -0.2) is 0 Å². The third-order valence-electron chi connectivity index (χ3n) is 3.04. The van der Waals surface area contributed by atoms with Crippen LogP contribution in [0.2, 0.25) is 0 Å². The molecule has 0 aliphatic carbocycles. The lowest BCUT2D eigenvalue weighted by Crippen LogP contribution is -2.37. The van der Waals surface area contributed by atoms with Gasteiger partial charge in [-0.2, -0.15) is 0 Å². The third kappa shape index (κ3) is 3.01. The molecule has 2 N–H and O–H groups in total. The second kappa shape index (κ2) is 5.87. The summed E-state index contributed by atoms with van der Waals surface area (Å²) in [6, 6.07) is 7.04. The van der Waals surface area contributed by atoms with Crippen LogP contribution >= 0.6 is 0 Å². The van der Waals surface area contributed by atoms with E-state index < -0.39 is 11.5 Å². The van der Waals surface area contributed by atoms with Crippen molar-refractivity contribution in [3.8, 4) is 5.75 Å². The molecule has 0 radical (unpaired) electrons. The molecule has 1 aromatic rings. The summed E-state index contributed by atoms with van der Waals surface area (Å²) in [5.74, 6) is 0.480. The molecule has 0 aromatic heterocycles. The van der Waals surface area contributed by atoms with Crippen molar-refractivity contribution >= 4 is 5.97 Å². The zero-order chi connectivity index (χ0) is 13.8. The molecular formula is C14H21NO3. The lowest BCUT2D eigenvalue weighted by atomic mass is 9.81. The average molecular weight is 251 g/mol. The van der Waals surface area contributed by atoms with Gasteiger partial charge in [-0.3, -0.25) is 4.79 Å². The monoisotopic (exact) mass is 251 g/mol. The van der Waals surface area contributed by atoms with Gasteiger partial charge in [0.2, 0.25) is 0 Å². The lowest BCUT2D eigenvalue weighted by Gasteiger charge is -2.29. The second-order valence-electron chi connectivity index (χ2n) is 4.69. The van der Waals surface area contributed by atoms with Crippen molar-refractivity contribution in [1.82, 2.24) is 0 Å². The first-order valence-corrected chi connectivity index (χ1v) is 6.00. The van der Waals surface area contributed by atoms with Crippen molar-refractivity contribution in [2.75, 3.05) is 13.7 Å². The Bertz CT molecular complexity index is 398. The van der Waals surface area contributed by atoms with Crippen LogP contribution in [0.15, 0.2) is 24.3 Å². The van der Waals surface area contributed by atoms with Gasteiger partial charge in [0.1, 0.15) is 5.75 Å². The van der Waals surface area contributed by atoms with E-state index in [9.17, 15) is 4.79 Å². The van der Waals surface area contributed by atoms with Crippen LogP contribution in [0.3, 0.4) is 0 Å². The average Bonchev–Trinajstić information content (AvgIpc) is 2.38. The SMILES string of the molecule is CCOc1ccc([C@@H](N)C(C)(C)C(=O)OC)cc1. The van der Waals surface area contributed by atoms with Crippen LogP contribution in [-0.2, 0) is 9.53 Å². The van der Waals surface area contributed by atoms with Crippen molar-refractivity contribution in [3.05, 3.63) is 29.8 Å². The van der Waals surface area contributed by atoms with Crippen LogP contribution in [0, 0.1) is 5.41 Å². The van der Waals surface area contributed by atoms with E-state index in [1.54, 1.807) is 13.8 Å². The molecule has 0 unspecified atom stereocenters. The van der Waals surface area contributed by atoms with Crippen molar-refractivity contribution in [1.29, 1.82) is 0 Å². The molecule has 0 bridgehead atoms. The largest absolute Gasteiger partial charge is 0.494 e. The summed E-state index contributed by atoms with van der Waals surface area (Å²) >= 11 is 0. The van der Waals surface area contributed by atoms with E-state index in [4.69, 9.17) is 15.2 Å². The number of nitrogens with two attached hydrogens (primary N) is 1. The number of carbonyl (C=O) groups excluding carboxylic acids is 1. The summed E-state index contributed by atoms with van der Waals surface area (Å²) in [6.07, 6.45) is 0. The van der Waals surface area contributed by atoms with Gasteiger partial charge in [0.15, 0.2) is 0 Å². The highest BCUT2D eigenvalue weighted by molar-refractivity contribution is 5.77. The van der Waals surface area contributed by atoms with Crippen LogP contribution in [0.5, 0.6) is 5.75 Å². The molecule has 1 atom stereocenters. The van der Waals surface area contributed by atoms with Gasteiger partial charge >= 0.3 is 5.97 Å². The highest BCUT2D eigenvalue weighted by Gasteiger charge is 2.36. The quantitative estimate of drug-likeness (QED) is 0.816. The number of ether oxygens (including phenoxy) is 2. The molecule has 100 valence electrons. The van der Waals surface area contributed by atoms with E-state index in [1.165, 1.54) is 7.11 Å². The van der Waals surface area contributed by atoms with E-state index in [0.29, 0.717) is 6.61 Å².